The van der Waals surface area contributed by atoms with Gasteiger partial charge in [0.25, 0.3) is 11.3 Å². The zero-order valence-electron chi connectivity index (χ0n) is 14.8. The molecule has 0 unspecified atom stereocenters. The molecular weight excluding hydrogens is 450 g/mol. The molecule has 0 bridgehead atoms. The Hall–Kier alpha value is -0.800. The van der Waals surface area contributed by atoms with Crippen LogP contribution in [0.2, 0.25) is 10.0 Å². The lowest BCUT2D eigenvalue weighted by molar-refractivity contribution is 0.280. The highest BCUT2D eigenvalue weighted by Crippen LogP contribution is 2.63. The SMILES string of the molecule is CCOP(=S)(OCC)Sc1nnc(C)c(=O)n1/N=C/c1ccc(Cl)cc1Cl. The van der Waals surface area contributed by atoms with Crippen molar-refractivity contribution in [1.82, 2.24) is 14.9 Å². The summed E-state index contributed by atoms with van der Waals surface area (Å²) in [7, 11) is 0. The van der Waals surface area contributed by atoms with E-state index in [0.29, 0.717) is 28.8 Å². The van der Waals surface area contributed by atoms with Gasteiger partial charge in [-0.15, -0.1) is 10.2 Å². The number of rotatable bonds is 8. The first-order valence-corrected chi connectivity index (χ1v) is 12.7. The van der Waals surface area contributed by atoms with Gasteiger partial charge >= 0.3 is 0 Å². The Morgan fingerprint density at radius 1 is 1.30 bits per heavy atom. The largest absolute Gasteiger partial charge is 0.322 e. The van der Waals surface area contributed by atoms with Crippen molar-refractivity contribution in [2.45, 2.75) is 25.9 Å². The highest BCUT2D eigenvalue weighted by Gasteiger charge is 2.24. The number of hydrogen-bond acceptors (Lipinski definition) is 8. The molecule has 0 fully saturated rings. The van der Waals surface area contributed by atoms with E-state index in [4.69, 9.17) is 44.1 Å². The number of benzene rings is 1. The summed E-state index contributed by atoms with van der Waals surface area (Å²) in [6.07, 6.45) is 1.44. The molecule has 2 aromatic rings. The van der Waals surface area contributed by atoms with Gasteiger partial charge in [-0.05, 0) is 44.7 Å². The van der Waals surface area contributed by atoms with Crippen molar-refractivity contribution in [2.75, 3.05) is 13.2 Å². The molecule has 2 rings (SSSR count). The van der Waals surface area contributed by atoms with Crippen LogP contribution in [0, 0.1) is 6.92 Å². The van der Waals surface area contributed by atoms with E-state index < -0.39 is 11.3 Å². The third-order valence-electron chi connectivity index (χ3n) is 3.01. The molecule has 1 aromatic heterocycles. The molecule has 0 atom stereocenters. The summed E-state index contributed by atoms with van der Waals surface area (Å²) in [4.78, 5) is 12.5. The van der Waals surface area contributed by atoms with E-state index in [0.717, 1.165) is 16.1 Å². The van der Waals surface area contributed by atoms with E-state index in [9.17, 15) is 4.79 Å². The lowest BCUT2D eigenvalue weighted by Gasteiger charge is -2.19. The van der Waals surface area contributed by atoms with E-state index in [1.807, 2.05) is 13.8 Å². The predicted molar refractivity (Wildman–Crippen MR) is 114 cm³/mol. The molecular formula is C15H17Cl2N4O3PS2. The second-order valence-electron chi connectivity index (χ2n) is 4.97. The molecule has 0 N–H and O–H groups in total. The van der Waals surface area contributed by atoms with Gasteiger partial charge in [-0.3, -0.25) is 4.79 Å². The van der Waals surface area contributed by atoms with E-state index in [2.05, 4.69) is 15.3 Å². The van der Waals surface area contributed by atoms with Gasteiger partial charge in [-0.2, -0.15) is 9.78 Å². The van der Waals surface area contributed by atoms with Crippen LogP contribution in [0.25, 0.3) is 0 Å². The first-order chi connectivity index (χ1) is 12.8. The normalized spacial score (nSPS) is 12.0. The van der Waals surface area contributed by atoms with E-state index in [1.165, 1.54) is 6.21 Å². The number of halogens is 2. The van der Waals surface area contributed by atoms with E-state index in [1.54, 1.807) is 25.1 Å². The fourth-order valence-electron chi connectivity index (χ4n) is 1.83. The third kappa shape index (κ3) is 6.09. The Bertz CT molecular complexity index is 945. The molecule has 146 valence electrons. The van der Waals surface area contributed by atoms with Crippen molar-refractivity contribution < 1.29 is 9.05 Å². The Kier molecular flexibility index (Phi) is 8.42. The second-order valence-corrected chi connectivity index (χ2v) is 11.9. The number of aryl methyl sites for hydroxylation is 1. The zero-order valence-corrected chi connectivity index (χ0v) is 18.8. The summed E-state index contributed by atoms with van der Waals surface area (Å²) in [6.45, 7) is 5.92. The quantitative estimate of drug-likeness (QED) is 0.417. The van der Waals surface area contributed by atoms with Crippen LogP contribution < -0.4 is 5.56 Å². The molecule has 0 aliphatic rings. The van der Waals surface area contributed by atoms with Gasteiger partial charge < -0.3 is 9.05 Å². The minimum atomic E-state index is -2.74. The summed E-state index contributed by atoms with van der Waals surface area (Å²) >= 11 is 18.6. The lowest BCUT2D eigenvalue weighted by Crippen LogP contribution is -2.23. The van der Waals surface area contributed by atoms with Crippen molar-refractivity contribution in [2.24, 2.45) is 5.10 Å². The Balaban J connectivity index is 2.46. The topological polar surface area (TPSA) is 78.6 Å². The number of hydrogen-bond donors (Lipinski definition) is 0. The maximum absolute atomic E-state index is 12.5. The van der Waals surface area contributed by atoms with Crippen LogP contribution in [0.1, 0.15) is 25.1 Å². The molecule has 27 heavy (non-hydrogen) atoms. The Labute approximate surface area is 176 Å². The molecule has 0 spiro atoms. The highest BCUT2D eigenvalue weighted by atomic mass is 35.5. The highest BCUT2D eigenvalue weighted by molar-refractivity contribution is 8.67. The number of nitrogens with zero attached hydrogens (tertiary/aromatic N) is 4. The fourth-order valence-corrected chi connectivity index (χ4v) is 6.71. The Morgan fingerprint density at radius 2 is 1.96 bits per heavy atom. The van der Waals surface area contributed by atoms with Crippen molar-refractivity contribution in [3.63, 3.8) is 0 Å². The van der Waals surface area contributed by atoms with Crippen molar-refractivity contribution in [1.29, 1.82) is 0 Å². The van der Waals surface area contributed by atoms with Crippen LogP contribution in [0.3, 0.4) is 0 Å². The second kappa shape index (κ2) is 10.1. The summed E-state index contributed by atoms with van der Waals surface area (Å²) in [5, 5.41) is 13.2. The van der Waals surface area contributed by atoms with Crippen LogP contribution in [0.15, 0.2) is 33.3 Å². The molecule has 12 heteroatoms. The van der Waals surface area contributed by atoms with Gasteiger partial charge in [0.1, 0.15) is 5.69 Å². The monoisotopic (exact) mass is 466 g/mol. The Morgan fingerprint density at radius 3 is 2.56 bits per heavy atom. The molecule has 0 aliphatic heterocycles. The molecule has 0 aliphatic carbocycles. The molecule has 1 aromatic carbocycles. The molecule has 7 nitrogen and oxygen atoms in total. The third-order valence-corrected chi connectivity index (χ3v) is 8.46. The molecule has 0 saturated heterocycles. The minimum absolute atomic E-state index is 0.178. The average molecular weight is 467 g/mol. The zero-order chi connectivity index (χ0) is 20.0. The van der Waals surface area contributed by atoms with Crippen LogP contribution >= 0.6 is 40.3 Å². The van der Waals surface area contributed by atoms with Gasteiger partial charge in [0.05, 0.1) is 24.5 Å². The van der Waals surface area contributed by atoms with Crippen molar-refractivity contribution in [3.8, 4) is 0 Å². The molecule has 1 heterocycles. The lowest BCUT2D eigenvalue weighted by atomic mass is 10.2. The van der Waals surface area contributed by atoms with Crippen LogP contribution in [0.5, 0.6) is 0 Å². The summed E-state index contributed by atoms with van der Waals surface area (Å²) in [5.74, 6) is 0. The maximum Gasteiger partial charge on any atom is 0.296 e. The smallest absolute Gasteiger partial charge is 0.296 e. The summed E-state index contributed by atoms with van der Waals surface area (Å²) < 4.78 is 12.3. The number of aromatic nitrogens is 3. The van der Waals surface area contributed by atoms with E-state index >= 15 is 0 Å². The first kappa shape index (κ1) is 22.5. The molecule has 0 radical (unpaired) electrons. The van der Waals surface area contributed by atoms with Gasteiger partial charge in [0.2, 0.25) is 5.16 Å². The van der Waals surface area contributed by atoms with E-state index in [-0.39, 0.29) is 10.9 Å². The van der Waals surface area contributed by atoms with Gasteiger partial charge in [0, 0.05) is 22.0 Å². The molecule has 0 amide bonds. The van der Waals surface area contributed by atoms with Crippen LogP contribution in [0.4, 0.5) is 0 Å². The van der Waals surface area contributed by atoms with Gasteiger partial charge in [-0.1, -0.05) is 29.3 Å². The van der Waals surface area contributed by atoms with Gasteiger partial charge in [-0.25, -0.2) is 0 Å². The fraction of sp³-hybridized carbons (Fsp3) is 0.333. The van der Waals surface area contributed by atoms with Crippen molar-refractivity contribution >= 4 is 58.3 Å². The maximum atomic E-state index is 12.5. The summed E-state index contributed by atoms with van der Waals surface area (Å²) in [6, 6.07) is 4.95. The van der Waals surface area contributed by atoms with Crippen molar-refractivity contribution in [3.05, 3.63) is 49.9 Å². The van der Waals surface area contributed by atoms with Crippen LogP contribution in [-0.4, -0.2) is 34.3 Å². The van der Waals surface area contributed by atoms with Crippen LogP contribution in [-0.2, 0) is 20.9 Å². The first-order valence-electron chi connectivity index (χ1n) is 7.84. The standard InChI is InChI=1S/C15H17Cl2N4O3PS2/c1-4-23-25(26,24-5-2)27-15-20-19-10(3)14(22)21(15)18-9-11-6-7-12(16)8-13(11)17/h6-9H,4-5H2,1-3H3/b18-9+. The average Bonchev–Trinajstić information content (AvgIpc) is 2.59. The minimum Gasteiger partial charge on any atom is -0.322 e. The molecule has 0 saturated carbocycles. The summed E-state index contributed by atoms with van der Waals surface area (Å²) in [5.41, 5.74) is -2.39. The predicted octanol–water partition coefficient (Wildman–Crippen LogP) is 4.53. The van der Waals surface area contributed by atoms with Gasteiger partial charge in [0.15, 0.2) is 0 Å².